The van der Waals surface area contributed by atoms with Crippen molar-refractivity contribution < 1.29 is 34.3 Å². The zero-order chi connectivity index (χ0) is 26.0. The number of carbonyl (C=O) groups is 3. The lowest BCUT2D eigenvalue weighted by molar-refractivity contribution is -0.385. The van der Waals surface area contributed by atoms with Crippen molar-refractivity contribution in [2.75, 3.05) is 33.8 Å². The highest BCUT2D eigenvalue weighted by molar-refractivity contribution is 6.27. The van der Waals surface area contributed by atoms with Gasteiger partial charge in [-0.2, -0.15) is 0 Å². The number of ether oxygens (including phenoxy) is 1. The van der Waals surface area contributed by atoms with Crippen LogP contribution in [0.4, 0.5) is 5.69 Å². The van der Waals surface area contributed by atoms with Gasteiger partial charge in [-0.05, 0) is 37.9 Å². The summed E-state index contributed by atoms with van der Waals surface area (Å²) in [6.07, 6.45) is 2.85. The van der Waals surface area contributed by atoms with Gasteiger partial charge in [0.15, 0.2) is 5.75 Å². The lowest BCUT2D eigenvalue weighted by Crippen LogP contribution is -2.46. The molecule has 188 valence electrons. The number of nitro groups is 1. The van der Waals surface area contributed by atoms with Crippen LogP contribution < -0.4 is 4.74 Å². The van der Waals surface area contributed by atoms with Crippen molar-refractivity contribution in [2.45, 2.75) is 25.3 Å². The fourth-order valence-electron chi connectivity index (χ4n) is 3.79. The number of carboxylic acid groups (broad SMARTS) is 2. The first kappa shape index (κ1) is 27.3. The summed E-state index contributed by atoms with van der Waals surface area (Å²) >= 11 is 0. The number of benzene rings is 2. The van der Waals surface area contributed by atoms with E-state index in [0.29, 0.717) is 24.7 Å². The molecule has 11 nitrogen and oxygen atoms in total. The summed E-state index contributed by atoms with van der Waals surface area (Å²) in [5, 5.41) is 25.8. The molecule has 0 spiro atoms. The zero-order valence-electron chi connectivity index (χ0n) is 19.6. The third-order valence-electron chi connectivity index (χ3n) is 5.78. The van der Waals surface area contributed by atoms with Gasteiger partial charge in [0.1, 0.15) is 0 Å². The van der Waals surface area contributed by atoms with Crippen LogP contribution in [0, 0.1) is 10.1 Å². The van der Waals surface area contributed by atoms with E-state index in [0.717, 1.165) is 25.8 Å². The van der Waals surface area contributed by atoms with Crippen molar-refractivity contribution in [1.82, 2.24) is 9.80 Å². The molecule has 2 aromatic carbocycles. The molecule has 0 aromatic heterocycles. The summed E-state index contributed by atoms with van der Waals surface area (Å²) in [4.78, 5) is 45.7. The van der Waals surface area contributed by atoms with E-state index in [4.69, 9.17) is 24.5 Å². The van der Waals surface area contributed by atoms with Crippen molar-refractivity contribution in [2.24, 2.45) is 0 Å². The van der Waals surface area contributed by atoms with Crippen LogP contribution in [0.5, 0.6) is 5.75 Å². The normalized spacial score (nSPS) is 13.5. The van der Waals surface area contributed by atoms with Crippen LogP contribution >= 0.6 is 0 Å². The largest absolute Gasteiger partial charge is 0.490 e. The van der Waals surface area contributed by atoms with Gasteiger partial charge in [-0.25, -0.2) is 9.59 Å². The zero-order valence-corrected chi connectivity index (χ0v) is 19.6. The summed E-state index contributed by atoms with van der Waals surface area (Å²) < 4.78 is 5.08. The van der Waals surface area contributed by atoms with Crippen LogP contribution in [0.25, 0.3) is 0 Å². The summed E-state index contributed by atoms with van der Waals surface area (Å²) in [6, 6.07) is 15.2. The molecule has 1 aliphatic heterocycles. The van der Waals surface area contributed by atoms with Gasteiger partial charge < -0.3 is 24.7 Å². The molecular formula is C24H29N3O8. The number of rotatable bonds is 7. The Hall–Kier alpha value is -3.99. The number of likely N-dealkylation sites (N-methyl/N-ethyl adjacent to an activating group) is 1. The second-order valence-corrected chi connectivity index (χ2v) is 7.99. The van der Waals surface area contributed by atoms with Gasteiger partial charge in [0.2, 0.25) is 0 Å². The SMILES string of the molecule is COc1cc(C(=O)N2CCC(N(C)CCc3ccccc3)CC2)ccc1[N+](=O)[O-].O=C(O)C(=O)O. The summed E-state index contributed by atoms with van der Waals surface area (Å²) in [5.41, 5.74) is 1.62. The number of piperidine rings is 1. The van der Waals surface area contributed by atoms with E-state index in [1.807, 2.05) is 11.0 Å². The third-order valence-corrected chi connectivity index (χ3v) is 5.78. The number of carbonyl (C=O) groups excluding carboxylic acids is 1. The maximum Gasteiger partial charge on any atom is 0.414 e. The Morgan fingerprint density at radius 2 is 1.69 bits per heavy atom. The van der Waals surface area contributed by atoms with Crippen molar-refractivity contribution in [3.63, 3.8) is 0 Å². The molecule has 1 heterocycles. The quantitative estimate of drug-likeness (QED) is 0.341. The molecule has 2 aromatic rings. The second kappa shape index (κ2) is 13.0. The lowest BCUT2D eigenvalue weighted by atomic mass is 10.0. The molecule has 0 atom stereocenters. The van der Waals surface area contributed by atoms with Crippen LogP contribution in [-0.4, -0.2) is 82.6 Å². The van der Waals surface area contributed by atoms with E-state index in [1.165, 1.54) is 30.9 Å². The van der Waals surface area contributed by atoms with E-state index in [9.17, 15) is 14.9 Å². The third kappa shape index (κ3) is 8.07. The summed E-state index contributed by atoms with van der Waals surface area (Å²) in [6.45, 7) is 2.35. The molecule has 35 heavy (non-hydrogen) atoms. The predicted molar refractivity (Wildman–Crippen MR) is 127 cm³/mol. The molecule has 1 amide bonds. The van der Waals surface area contributed by atoms with Gasteiger partial charge in [0.25, 0.3) is 5.91 Å². The highest BCUT2D eigenvalue weighted by atomic mass is 16.6. The Labute approximate surface area is 202 Å². The van der Waals surface area contributed by atoms with Crippen LogP contribution in [0.2, 0.25) is 0 Å². The fourth-order valence-corrected chi connectivity index (χ4v) is 3.79. The number of hydrogen-bond donors (Lipinski definition) is 2. The molecule has 11 heteroatoms. The minimum Gasteiger partial charge on any atom is -0.490 e. The van der Waals surface area contributed by atoms with Crippen molar-refractivity contribution in [3.8, 4) is 5.75 Å². The maximum atomic E-state index is 12.8. The maximum absolute atomic E-state index is 12.8. The van der Waals surface area contributed by atoms with E-state index in [-0.39, 0.29) is 17.3 Å². The Morgan fingerprint density at radius 1 is 1.09 bits per heavy atom. The number of likely N-dealkylation sites (tertiary alicyclic amines) is 1. The summed E-state index contributed by atoms with van der Waals surface area (Å²) in [5.74, 6) is -3.65. The van der Waals surface area contributed by atoms with Gasteiger partial charge in [-0.1, -0.05) is 30.3 Å². The highest BCUT2D eigenvalue weighted by Crippen LogP contribution is 2.28. The van der Waals surface area contributed by atoms with E-state index in [2.05, 4.69) is 36.2 Å². The Bertz CT molecular complexity index is 1020. The van der Waals surface area contributed by atoms with E-state index >= 15 is 0 Å². The van der Waals surface area contributed by atoms with Crippen molar-refractivity contribution in [1.29, 1.82) is 0 Å². The number of nitro benzene ring substituents is 1. The number of aliphatic carboxylic acids is 2. The van der Waals surface area contributed by atoms with Crippen LogP contribution in [0.3, 0.4) is 0 Å². The lowest BCUT2D eigenvalue weighted by Gasteiger charge is -2.37. The average Bonchev–Trinajstić information content (AvgIpc) is 2.87. The first-order valence-corrected chi connectivity index (χ1v) is 11.0. The van der Waals surface area contributed by atoms with Gasteiger partial charge in [0, 0.05) is 43.4 Å². The number of hydrogen-bond acceptors (Lipinski definition) is 7. The molecule has 2 N–H and O–H groups in total. The smallest absolute Gasteiger partial charge is 0.414 e. The summed E-state index contributed by atoms with van der Waals surface area (Å²) in [7, 11) is 3.51. The van der Waals surface area contributed by atoms with Crippen LogP contribution in [-0.2, 0) is 16.0 Å². The van der Waals surface area contributed by atoms with Gasteiger partial charge in [0.05, 0.1) is 12.0 Å². The first-order chi connectivity index (χ1) is 16.6. The fraction of sp³-hybridized carbons (Fsp3) is 0.375. The number of methoxy groups -OCH3 is 1. The number of carboxylic acids is 2. The minimum absolute atomic E-state index is 0.108. The second-order valence-electron chi connectivity index (χ2n) is 7.99. The van der Waals surface area contributed by atoms with Crippen molar-refractivity contribution >= 4 is 23.5 Å². The van der Waals surface area contributed by atoms with Crippen LogP contribution in [0.1, 0.15) is 28.8 Å². The molecular weight excluding hydrogens is 458 g/mol. The number of amides is 1. The molecule has 0 unspecified atom stereocenters. The Balaban J connectivity index is 0.000000641. The van der Waals surface area contributed by atoms with Crippen molar-refractivity contribution in [3.05, 3.63) is 69.8 Å². The Kier molecular flexibility index (Phi) is 10.2. The number of nitrogens with zero attached hydrogens (tertiary/aromatic N) is 3. The Morgan fingerprint density at radius 3 is 2.20 bits per heavy atom. The predicted octanol–water partition coefficient (Wildman–Crippen LogP) is 2.54. The van der Waals surface area contributed by atoms with Gasteiger partial charge >= 0.3 is 17.6 Å². The van der Waals surface area contributed by atoms with Gasteiger partial charge in [-0.15, -0.1) is 0 Å². The average molecular weight is 488 g/mol. The first-order valence-electron chi connectivity index (χ1n) is 11.0. The molecule has 0 aliphatic carbocycles. The molecule has 0 saturated carbocycles. The van der Waals surface area contributed by atoms with Crippen LogP contribution in [0.15, 0.2) is 48.5 Å². The topological polar surface area (TPSA) is 151 Å². The molecule has 0 radical (unpaired) electrons. The molecule has 1 aliphatic rings. The molecule has 3 rings (SSSR count). The minimum atomic E-state index is -1.82. The van der Waals surface area contributed by atoms with Gasteiger partial charge in [-0.3, -0.25) is 14.9 Å². The monoisotopic (exact) mass is 487 g/mol. The molecule has 1 fully saturated rings. The molecule has 0 bridgehead atoms. The standard InChI is InChI=1S/C22H27N3O4.C2H2O4/c1-23(13-10-17-6-4-3-5-7-17)19-11-14-24(15-12-19)22(26)18-8-9-20(25(27)28)21(16-18)29-2;3-1(4)2(5)6/h3-9,16,19H,10-15H2,1-2H3;(H,3,4)(H,5,6). The highest BCUT2D eigenvalue weighted by Gasteiger charge is 2.27. The molecule has 1 saturated heterocycles. The van der Waals surface area contributed by atoms with E-state index in [1.54, 1.807) is 0 Å². The van der Waals surface area contributed by atoms with E-state index < -0.39 is 16.9 Å².